The van der Waals surface area contributed by atoms with Gasteiger partial charge in [0.15, 0.2) is 0 Å². The topological polar surface area (TPSA) is 122 Å². The predicted octanol–water partition coefficient (Wildman–Crippen LogP) is 1.43. The van der Waals surface area contributed by atoms with Crippen molar-refractivity contribution >= 4 is 26.0 Å². The lowest BCUT2D eigenvalue weighted by atomic mass is 9.99. The number of methoxy groups -OCH3 is 1. The van der Waals surface area contributed by atoms with Crippen LogP contribution in [0.2, 0.25) is 0 Å². The Labute approximate surface area is 212 Å². The van der Waals surface area contributed by atoms with Gasteiger partial charge in [-0.05, 0) is 54.8 Å². The van der Waals surface area contributed by atoms with Crippen LogP contribution in [0.5, 0.6) is 5.75 Å². The number of benzene rings is 2. The van der Waals surface area contributed by atoms with E-state index >= 15 is 0 Å². The summed E-state index contributed by atoms with van der Waals surface area (Å²) < 4.78 is 64.7. The number of morpholine rings is 1. The van der Waals surface area contributed by atoms with Crippen molar-refractivity contribution in [1.29, 1.82) is 0 Å². The lowest BCUT2D eigenvalue weighted by molar-refractivity contribution is -0.126. The molecule has 196 valence electrons. The minimum absolute atomic E-state index is 0.108. The molecule has 0 aromatic heterocycles. The van der Waals surface area contributed by atoms with Gasteiger partial charge in [-0.15, -0.1) is 0 Å². The summed E-state index contributed by atoms with van der Waals surface area (Å²) >= 11 is 0. The highest BCUT2D eigenvalue weighted by Crippen LogP contribution is 2.25. The standard InChI is InChI=1S/C24H31N3O7S2/c1-33-21-6-10-23(11-7-21)36(31,32)27-12-2-3-20(18-27)24(28)25-17-19-4-8-22(9-5-19)35(29,30)26-13-15-34-16-14-26/h4-11,20H,2-3,12-18H2,1H3,(H,25,28)/t20-/m1/s1. The zero-order valence-corrected chi connectivity index (χ0v) is 21.8. The van der Waals surface area contributed by atoms with Gasteiger partial charge in [0.1, 0.15) is 5.75 Å². The van der Waals surface area contributed by atoms with E-state index in [-0.39, 0.29) is 28.8 Å². The Hall–Kier alpha value is -2.51. The molecule has 0 radical (unpaired) electrons. The van der Waals surface area contributed by atoms with Gasteiger partial charge < -0.3 is 14.8 Å². The molecule has 2 aromatic rings. The number of nitrogens with one attached hydrogen (secondary N) is 1. The van der Waals surface area contributed by atoms with Crippen LogP contribution < -0.4 is 10.1 Å². The number of carbonyl (C=O) groups is 1. The van der Waals surface area contributed by atoms with Crippen LogP contribution in [0.3, 0.4) is 0 Å². The van der Waals surface area contributed by atoms with E-state index in [9.17, 15) is 21.6 Å². The van der Waals surface area contributed by atoms with Gasteiger partial charge in [-0.2, -0.15) is 8.61 Å². The van der Waals surface area contributed by atoms with Crippen molar-refractivity contribution in [2.75, 3.05) is 46.5 Å². The molecule has 0 saturated carbocycles. The van der Waals surface area contributed by atoms with Gasteiger partial charge in [-0.1, -0.05) is 12.1 Å². The van der Waals surface area contributed by atoms with Crippen molar-refractivity contribution in [2.24, 2.45) is 5.92 Å². The molecule has 2 heterocycles. The molecule has 0 bridgehead atoms. The third-order valence-electron chi connectivity index (χ3n) is 6.45. The van der Waals surface area contributed by atoms with Crippen LogP contribution in [0.15, 0.2) is 58.3 Å². The predicted molar refractivity (Wildman–Crippen MR) is 132 cm³/mol. The van der Waals surface area contributed by atoms with Gasteiger partial charge in [0.05, 0.1) is 36.0 Å². The molecule has 10 nitrogen and oxygen atoms in total. The van der Waals surface area contributed by atoms with E-state index < -0.39 is 26.0 Å². The Morgan fingerprint density at radius 1 is 0.917 bits per heavy atom. The first-order chi connectivity index (χ1) is 17.2. The average molecular weight is 538 g/mol. The second-order valence-electron chi connectivity index (χ2n) is 8.76. The van der Waals surface area contributed by atoms with Crippen LogP contribution in [0.25, 0.3) is 0 Å². The SMILES string of the molecule is COc1ccc(S(=O)(=O)N2CCC[C@@H](C(=O)NCc3ccc(S(=O)(=O)N4CCOCC4)cc3)C2)cc1. The molecule has 2 aliphatic rings. The maximum absolute atomic E-state index is 13.1. The molecule has 2 saturated heterocycles. The molecule has 0 unspecified atom stereocenters. The number of carbonyl (C=O) groups excluding carboxylic acids is 1. The van der Waals surface area contributed by atoms with Gasteiger partial charge in [-0.3, -0.25) is 4.79 Å². The van der Waals surface area contributed by atoms with Crippen molar-refractivity contribution in [3.8, 4) is 5.75 Å². The van der Waals surface area contributed by atoms with Crippen molar-refractivity contribution in [2.45, 2.75) is 29.2 Å². The molecule has 0 aliphatic carbocycles. The summed E-state index contributed by atoms with van der Waals surface area (Å²) in [5.74, 6) is -0.126. The summed E-state index contributed by atoms with van der Waals surface area (Å²) in [6.45, 7) is 2.10. The largest absolute Gasteiger partial charge is 0.497 e. The Kier molecular flexibility index (Phi) is 8.30. The number of amides is 1. The summed E-state index contributed by atoms with van der Waals surface area (Å²) in [4.78, 5) is 13.2. The van der Waals surface area contributed by atoms with Gasteiger partial charge in [0.25, 0.3) is 0 Å². The first-order valence-electron chi connectivity index (χ1n) is 11.8. The van der Waals surface area contributed by atoms with Gasteiger partial charge in [-0.25, -0.2) is 16.8 Å². The molecule has 1 amide bonds. The molecule has 4 rings (SSSR count). The first kappa shape index (κ1) is 26.6. The lowest BCUT2D eigenvalue weighted by Crippen LogP contribution is -2.45. The Morgan fingerprint density at radius 2 is 1.50 bits per heavy atom. The highest BCUT2D eigenvalue weighted by molar-refractivity contribution is 7.89. The van der Waals surface area contributed by atoms with Crippen LogP contribution in [0, 0.1) is 5.92 Å². The summed E-state index contributed by atoms with van der Waals surface area (Å²) in [7, 11) is -5.78. The molecular formula is C24H31N3O7S2. The van der Waals surface area contributed by atoms with E-state index in [4.69, 9.17) is 9.47 Å². The Bertz CT molecular complexity index is 1260. The van der Waals surface area contributed by atoms with E-state index in [1.807, 2.05) is 0 Å². The third-order valence-corrected chi connectivity index (χ3v) is 10.2. The summed E-state index contributed by atoms with van der Waals surface area (Å²) in [5.41, 5.74) is 0.753. The molecule has 0 spiro atoms. The third kappa shape index (κ3) is 5.89. The van der Waals surface area contributed by atoms with Crippen LogP contribution >= 0.6 is 0 Å². The minimum Gasteiger partial charge on any atom is -0.497 e. The number of sulfonamides is 2. The second kappa shape index (κ2) is 11.3. The maximum Gasteiger partial charge on any atom is 0.243 e. The summed E-state index contributed by atoms with van der Waals surface area (Å²) in [6.07, 6.45) is 1.18. The normalized spacial score (nSPS) is 20.1. The van der Waals surface area contributed by atoms with Crippen LogP contribution in [0.4, 0.5) is 0 Å². The quantitative estimate of drug-likeness (QED) is 0.541. The van der Waals surface area contributed by atoms with Crippen molar-refractivity contribution in [3.63, 3.8) is 0 Å². The van der Waals surface area contributed by atoms with E-state index in [2.05, 4.69) is 5.32 Å². The van der Waals surface area contributed by atoms with Crippen molar-refractivity contribution < 1.29 is 31.1 Å². The highest BCUT2D eigenvalue weighted by atomic mass is 32.2. The van der Waals surface area contributed by atoms with E-state index in [0.717, 1.165) is 5.56 Å². The monoisotopic (exact) mass is 537 g/mol. The number of hydrogen-bond acceptors (Lipinski definition) is 7. The Morgan fingerprint density at radius 3 is 2.11 bits per heavy atom. The van der Waals surface area contributed by atoms with Crippen molar-refractivity contribution in [1.82, 2.24) is 13.9 Å². The van der Waals surface area contributed by atoms with Gasteiger partial charge in [0.2, 0.25) is 26.0 Å². The molecule has 1 N–H and O–H groups in total. The zero-order chi connectivity index (χ0) is 25.8. The maximum atomic E-state index is 13.1. The van der Waals surface area contributed by atoms with E-state index in [0.29, 0.717) is 51.4 Å². The minimum atomic E-state index is -3.72. The lowest BCUT2D eigenvalue weighted by Gasteiger charge is -2.31. The molecule has 12 heteroatoms. The van der Waals surface area contributed by atoms with E-state index in [1.54, 1.807) is 24.3 Å². The molecule has 1 atom stereocenters. The molecular weight excluding hydrogens is 506 g/mol. The number of rotatable bonds is 8. The number of hydrogen-bond donors (Lipinski definition) is 1. The van der Waals surface area contributed by atoms with Crippen LogP contribution in [-0.4, -0.2) is 77.9 Å². The molecule has 2 aliphatic heterocycles. The fourth-order valence-corrected chi connectivity index (χ4v) is 7.25. The molecule has 2 aromatic carbocycles. The zero-order valence-electron chi connectivity index (χ0n) is 20.1. The van der Waals surface area contributed by atoms with Crippen LogP contribution in [-0.2, 0) is 36.1 Å². The fraction of sp³-hybridized carbons (Fsp3) is 0.458. The van der Waals surface area contributed by atoms with E-state index in [1.165, 1.54) is 40.0 Å². The summed E-state index contributed by atoms with van der Waals surface area (Å²) in [6, 6.07) is 12.6. The highest BCUT2D eigenvalue weighted by Gasteiger charge is 2.33. The number of piperidine rings is 1. The van der Waals surface area contributed by atoms with Gasteiger partial charge >= 0.3 is 0 Å². The Balaban J connectivity index is 1.34. The number of nitrogens with zero attached hydrogens (tertiary/aromatic N) is 2. The second-order valence-corrected chi connectivity index (χ2v) is 12.6. The first-order valence-corrected chi connectivity index (χ1v) is 14.7. The smallest absolute Gasteiger partial charge is 0.243 e. The number of ether oxygens (including phenoxy) is 2. The fourth-order valence-electron chi connectivity index (χ4n) is 4.32. The van der Waals surface area contributed by atoms with Crippen molar-refractivity contribution in [3.05, 3.63) is 54.1 Å². The molecule has 36 heavy (non-hydrogen) atoms. The van der Waals surface area contributed by atoms with Crippen LogP contribution in [0.1, 0.15) is 18.4 Å². The molecule has 2 fully saturated rings. The van der Waals surface area contributed by atoms with Gasteiger partial charge in [0, 0.05) is 32.7 Å². The summed E-state index contributed by atoms with van der Waals surface area (Å²) in [5, 5.41) is 2.86. The average Bonchev–Trinajstić information content (AvgIpc) is 2.92.